The zero-order valence-corrected chi connectivity index (χ0v) is 9.91. The Balaban J connectivity index is 3.19. The average Bonchev–Trinajstić information content (AvgIpc) is 2.27. The molecule has 0 saturated carbocycles. The minimum absolute atomic E-state index is 0.430. The molecule has 1 atom stereocenters. The van der Waals surface area contributed by atoms with Crippen molar-refractivity contribution < 1.29 is 14.7 Å². The molecular formula is C12H13ClO3. The van der Waals surface area contributed by atoms with Gasteiger partial charge in [-0.3, -0.25) is 4.79 Å². The van der Waals surface area contributed by atoms with E-state index in [1.54, 1.807) is 38.1 Å². The molecule has 0 aliphatic heterocycles. The van der Waals surface area contributed by atoms with Crippen molar-refractivity contribution in [2.24, 2.45) is 0 Å². The minimum Gasteiger partial charge on any atom is -0.475 e. The Labute approximate surface area is 99.0 Å². The van der Waals surface area contributed by atoms with Gasteiger partial charge in [0.15, 0.2) is 0 Å². The van der Waals surface area contributed by atoms with Crippen molar-refractivity contribution in [2.45, 2.75) is 25.7 Å². The van der Waals surface area contributed by atoms with E-state index >= 15 is 0 Å². The van der Waals surface area contributed by atoms with Gasteiger partial charge in [0.05, 0.1) is 5.41 Å². The van der Waals surface area contributed by atoms with E-state index in [0.29, 0.717) is 17.0 Å². The molecule has 1 N–H and O–H groups in total. The number of halogens is 1. The number of carboxylic acids is 1. The van der Waals surface area contributed by atoms with Crippen LogP contribution in [0.15, 0.2) is 24.3 Å². The molecular weight excluding hydrogens is 228 g/mol. The summed E-state index contributed by atoms with van der Waals surface area (Å²) in [6.45, 7) is 3.42. The number of benzene rings is 1. The molecule has 1 unspecified atom stereocenters. The first-order chi connectivity index (χ1) is 7.41. The van der Waals surface area contributed by atoms with Gasteiger partial charge in [0.2, 0.25) is 5.78 Å². The molecule has 1 rings (SSSR count). The first-order valence-corrected chi connectivity index (χ1v) is 5.33. The maximum absolute atomic E-state index is 11.6. The molecule has 3 nitrogen and oxygen atoms in total. The maximum atomic E-state index is 11.6. The van der Waals surface area contributed by atoms with Gasteiger partial charge in [0.25, 0.3) is 0 Å². The summed E-state index contributed by atoms with van der Waals surface area (Å²) in [6, 6.07) is 6.68. The molecule has 1 aromatic carbocycles. The van der Waals surface area contributed by atoms with E-state index < -0.39 is 17.2 Å². The van der Waals surface area contributed by atoms with E-state index in [0.717, 1.165) is 0 Å². The average molecular weight is 241 g/mol. The van der Waals surface area contributed by atoms with E-state index in [-0.39, 0.29) is 0 Å². The van der Waals surface area contributed by atoms with Crippen LogP contribution in [-0.2, 0) is 15.0 Å². The highest BCUT2D eigenvalue weighted by atomic mass is 35.5. The highest BCUT2D eigenvalue weighted by Gasteiger charge is 2.37. The Morgan fingerprint density at radius 2 is 1.81 bits per heavy atom. The molecule has 4 heteroatoms. The molecule has 86 valence electrons. The van der Waals surface area contributed by atoms with Crippen molar-refractivity contribution in [1.82, 2.24) is 0 Å². The Morgan fingerprint density at radius 1 is 1.31 bits per heavy atom. The van der Waals surface area contributed by atoms with E-state index in [1.807, 2.05) is 0 Å². The van der Waals surface area contributed by atoms with E-state index in [4.69, 9.17) is 16.7 Å². The Kier molecular flexibility index (Phi) is 3.70. The number of hydrogen-bond donors (Lipinski definition) is 1. The van der Waals surface area contributed by atoms with Crippen molar-refractivity contribution in [1.29, 1.82) is 0 Å². The van der Waals surface area contributed by atoms with Gasteiger partial charge in [-0.2, -0.15) is 0 Å². The summed E-state index contributed by atoms with van der Waals surface area (Å²) in [5, 5.41) is 9.35. The van der Waals surface area contributed by atoms with Crippen molar-refractivity contribution in [3.05, 3.63) is 34.9 Å². The van der Waals surface area contributed by atoms with Gasteiger partial charge in [-0.1, -0.05) is 30.7 Å². The standard InChI is InChI=1S/C12H13ClO3/c1-3-12(2,10(14)11(15)16)8-4-6-9(13)7-5-8/h4-7H,3H2,1-2H3,(H,15,16). The molecule has 16 heavy (non-hydrogen) atoms. The molecule has 0 aliphatic carbocycles. The highest BCUT2D eigenvalue weighted by Crippen LogP contribution is 2.29. The zero-order chi connectivity index (χ0) is 12.3. The molecule has 0 fully saturated rings. The molecule has 0 aliphatic rings. The third-order valence-electron chi connectivity index (χ3n) is 2.88. The minimum atomic E-state index is -1.40. The predicted molar refractivity (Wildman–Crippen MR) is 61.7 cm³/mol. The highest BCUT2D eigenvalue weighted by molar-refractivity contribution is 6.36. The quantitative estimate of drug-likeness (QED) is 0.824. The van der Waals surface area contributed by atoms with Crippen LogP contribution in [0.3, 0.4) is 0 Å². The summed E-state index contributed by atoms with van der Waals surface area (Å²) in [7, 11) is 0. The maximum Gasteiger partial charge on any atom is 0.373 e. The second-order valence-electron chi connectivity index (χ2n) is 3.83. The molecule has 0 amide bonds. The summed E-state index contributed by atoms with van der Waals surface area (Å²) < 4.78 is 0. The Bertz CT molecular complexity index is 411. The second-order valence-corrected chi connectivity index (χ2v) is 4.26. The summed E-state index contributed by atoms with van der Waals surface area (Å²) >= 11 is 5.75. The Morgan fingerprint density at radius 3 is 2.19 bits per heavy atom. The number of carboxylic acid groups (broad SMARTS) is 1. The molecule has 0 spiro atoms. The van der Waals surface area contributed by atoms with Crippen molar-refractivity contribution in [2.75, 3.05) is 0 Å². The van der Waals surface area contributed by atoms with Crippen LogP contribution in [0.1, 0.15) is 25.8 Å². The lowest BCUT2D eigenvalue weighted by Crippen LogP contribution is -2.37. The van der Waals surface area contributed by atoms with Crippen LogP contribution in [-0.4, -0.2) is 16.9 Å². The van der Waals surface area contributed by atoms with Crippen molar-refractivity contribution >= 4 is 23.4 Å². The van der Waals surface area contributed by atoms with Crippen molar-refractivity contribution in [3.63, 3.8) is 0 Å². The van der Waals surface area contributed by atoms with Gasteiger partial charge in [-0.15, -0.1) is 0 Å². The number of aliphatic carboxylic acids is 1. The zero-order valence-electron chi connectivity index (χ0n) is 9.16. The number of Topliss-reactive ketones (excluding diaryl/α,β-unsaturated/α-hetero) is 1. The van der Waals surface area contributed by atoms with Gasteiger partial charge in [0, 0.05) is 5.02 Å². The third kappa shape index (κ3) is 2.25. The van der Waals surface area contributed by atoms with Gasteiger partial charge in [-0.25, -0.2) is 4.79 Å². The molecule has 0 bridgehead atoms. The number of hydrogen-bond acceptors (Lipinski definition) is 2. The molecule has 0 aromatic heterocycles. The van der Waals surface area contributed by atoms with Crippen LogP contribution in [0.25, 0.3) is 0 Å². The van der Waals surface area contributed by atoms with Crippen LogP contribution in [0.4, 0.5) is 0 Å². The predicted octanol–water partition coefficient (Wildman–Crippen LogP) is 2.66. The first-order valence-electron chi connectivity index (χ1n) is 4.95. The monoisotopic (exact) mass is 240 g/mol. The molecule has 1 aromatic rings. The summed E-state index contributed by atoms with van der Waals surface area (Å²) in [6.07, 6.45) is 0.430. The van der Waals surface area contributed by atoms with Crippen LogP contribution in [0.2, 0.25) is 5.02 Å². The topological polar surface area (TPSA) is 54.4 Å². The number of ketones is 1. The third-order valence-corrected chi connectivity index (χ3v) is 3.14. The van der Waals surface area contributed by atoms with Gasteiger partial charge < -0.3 is 5.11 Å². The van der Waals surface area contributed by atoms with Crippen LogP contribution in [0, 0.1) is 0 Å². The van der Waals surface area contributed by atoms with Gasteiger partial charge >= 0.3 is 5.97 Å². The van der Waals surface area contributed by atoms with E-state index in [2.05, 4.69) is 0 Å². The smallest absolute Gasteiger partial charge is 0.373 e. The first kappa shape index (κ1) is 12.7. The Hall–Kier alpha value is -1.35. The summed E-state index contributed by atoms with van der Waals surface area (Å²) in [5.41, 5.74) is -0.317. The number of rotatable bonds is 4. The SMILES string of the molecule is CCC(C)(C(=O)C(=O)O)c1ccc(Cl)cc1. The second kappa shape index (κ2) is 4.66. The van der Waals surface area contributed by atoms with Crippen LogP contribution < -0.4 is 0 Å². The fraction of sp³-hybridized carbons (Fsp3) is 0.333. The van der Waals surface area contributed by atoms with Crippen LogP contribution in [0.5, 0.6) is 0 Å². The van der Waals surface area contributed by atoms with Crippen LogP contribution >= 0.6 is 11.6 Å². The van der Waals surface area contributed by atoms with E-state index in [9.17, 15) is 9.59 Å². The number of carbonyl (C=O) groups excluding carboxylic acids is 1. The lowest BCUT2D eigenvalue weighted by atomic mass is 9.76. The lowest BCUT2D eigenvalue weighted by molar-refractivity contribution is -0.151. The number of carbonyl (C=O) groups is 2. The molecule has 0 heterocycles. The fourth-order valence-corrected chi connectivity index (χ4v) is 1.68. The molecule has 0 saturated heterocycles. The van der Waals surface area contributed by atoms with Gasteiger partial charge in [0.1, 0.15) is 0 Å². The molecule has 0 radical (unpaired) electrons. The largest absolute Gasteiger partial charge is 0.475 e. The van der Waals surface area contributed by atoms with Crippen molar-refractivity contribution in [3.8, 4) is 0 Å². The van der Waals surface area contributed by atoms with E-state index in [1.165, 1.54) is 0 Å². The normalized spacial score (nSPS) is 14.2. The fourth-order valence-electron chi connectivity index (χ4n) is 1.55. The lowest BCUT2D eigenvalue weighted by Gasteiger charge is -2.25. The van der Waals surface area contributed by atoms with Gasteiger partial charge in [-0.05, 0) is 31.0 Å². The summed E-state index contributed by atoms with van der Waals surface area (Å²) in [5.74, 6) is -2.20. The summed E-state index contributed by atoms with van der Waals surface area (Å²) in [4.78, 5) is 22.4.